The molecule has 25 heavy (non-hydrogen) atoms. The van der Waals surface area contributed by atoms with Crippen molar-refractivity contribution in [1.29, 1.82) is 0 Å². The first kappa shape index (κ1) is 24.0. The van der Waals surface area contributed by atoms with Gasteiger partial charge in [0.05, 0.1) is 0 Å². The van der Waals surface area contributed by atoms with Gasteiger partial charge in [-0.3, -0.25) is 4.79 Å². The Morgan fingerprint density at radius 2 is 1.64 bits per heavy atom. The van der Waals surface area contributed by atoms with Gasteiger partial charge in [0.1, 0.15) is 0 Å². The van der Waals surface area contributed by atoms with Gasteiger partial charge in [0, 0.05) is 43.4 Å². The topological polar surface area (TPSA) is 60.8 Å². The van der Waals surface area contributed by atoms with Gasteiger partial charge < -0.3 is 15.1 Å². The van der Waals surface area contributed by atoms with Crippen LogP contribution in [0.4, 0.5) is 5.69 Å². The summed E-state index contributed by atoms with van der Waals surface area (Å²) in [6, 6.07) is 8.14. The first-order valence-electron chi connectivity index (χ1n) is 8.34. The zero-order chi connectivity index (χ0) is 19.1. The van der Waals surface area contributed by atoms with Gasteiger partial charge in [-0.15, -0.1) is 23.2 Å². The number of halogens is 2. The van der Waals surface area contributed by atoms with E-state index in [0.717, 1.165) is 37.2 Å². The normalized spacial score (nSPS) is 9.88. The van der Waals surface area contributed by atoms with Crippen LogP contribution in [0, 0.1) is 0 Å². The number of carboxylic acid groups (broad SMARTS) is 1. The first-order valence-corrected chi connectivity index (χ1v) is 9.81. The fourth-order valence-electron chi connectivity index (χ4n) is 2.11. The Labute approximate surface area is 165 Å². The summed E-state index contributed by atoms with van der Waals surface area (Å²) in [7, 11) is 0. The van der Waals surface area contributed by atoms with Gasteiger partial charge in [-0.2, -0.15) is 0 Å². The second-order valence-corrected chi connectivity index (χ2v) is 6.65. The molecule has 0 bridgehead atoms. The van der Waals surface area contributed by atoms with Gasteiger partial charge in [0.2, 0.25) is 0 Å². The highest BCUT2D eigenvalue weighted by atomic mass is 35.5. The summed E-state index contributed by atoms with van der Waals surface area (Å²) >= 11 is 15.9. The number of nitrogens with zero attached hydrogens (tertiary/aromatic N) is 1. The number of thiocarbonyl (C=S) groups is 1. The number of aliphatic carboxylic acids is 1. The van der Waals surface area contributed by atoms with Gasteiger partial charge in [-0.05, 0) is 49.2 Å². The van der Waals surface area contributed by atoms with Crippen molar-refractivity contribution in [2.24, 2.45) is 0 Å². The molecule has 0 radical (unpaired) electrons. The lowest BCUT2D eigenvalue weighted by Crippen LogP contribution is -2.27. The molecule has 0 saturated heterocycles. The largest absolute Gasteiger partial charge is 0.502 e. The molecule has 0 aliphatic rings. The highest BCUT2D eigenvalue weighted by molar-refractivity contribution is 7.80. The molecule has 0 spiro atoms. The monoisotopic (exact) mass is 407 g/mol. The second kappa shape index (κ2) is 15.2. The minimum Gasteiger partial charge on any atom is -0.502 e. The molecular weight excluding hydrogens is 381 g/mol. The Kier molecular flexibility index (Phi) is 14.6. The minimum absolute atomic E-state index is 0.123. The third kappa shape index (κ3) is 12.9. The lowest BCUT2D eigenvalue weighted by molar-refractivity contribution is -0.137. The zero-order valence-corrected chi connectivity index (χ0v) is 16.9. The molecule has 142 valence electrons. The molecule has 0 aliphatic heterocycles. The highest BCUT2D eigenvalue weighted by Crippen LogP contribution is 2.16. The van der Waals surface area contributed by atoms with Crippen LogP contribution in [0.15, 0.2) is 24.3 Å². The molecule has 2 N–H and O–H groups in total. The van der Waals surface area contributed by atoms with Crippen LogP contribution in [0.1, 0.15) is 38.2 Å². The van der Waals surface area contributed by atoms with Crippen LogP contribution in [0.3, 0.4) is 0 Å². The number of aliphatic hydroxyl groups is 1. The second-order valence-electron chi connectivity index (χ2n) is 5.42. The third-order valence-corrected chi connectivity index (χ3v) is 3.87. The molecule has 0 atom stereocenters. The number of benzene rings is 1. The Morgan fingerprint density at radius 3 is 2.00 bits per heavy atom. The van der Waals surface area contributed by atoms with Crippen molar-refractivity contribution in [1.82, 2.24) is 0 Å². The molecule has 1 aromatic carbocycles. The summed E-state index contributed by atoms with van der Waals surface area (Å²) < 4.78 is 0. The van der Waals surface area contributed by atoms with E-state index in [1.807, 2.05) is 31.2 Å². The third-order valence-electron chi connectivity index (χ3n) is 3.33. The van der Waals surface area contributed by atoms with Crippen molar-refractivity contribution in [3.8, 4) is 0 Å². The van der Waals surface area contributed by atoms with Crippen molar-refractivity contribution in [3.05, 3.63) is 29.8 Å². The predicted molar refractivity (Wildman–Crippen MR) is 111 cm³/mol. The molecule has 0 aromatic heterocycles. The number of anilines is 1. The van der Waals surface area contributed by atoms with E-state index in [-0.39, 0.29) is 11.5 Å². The fraction of sp³-hybridized carbons (Fsp3) is 0.556. The van der Waals surface area contributed by atoms with Gasteiger partial charge in [-0.1, -0.05) is 19.1 Å². The van der Waals surface area contributed by atoms with Gasteiger partial charge in [0.15, 0.2) is 5.05 Å². The summed E-state index contributed by atoms with van der Waals surface area (Å²) in [4.78, 5) is 12.6. The van der Waals surface area contributed by atoms with Crippen LogP contribution in [-0.2, 0) is 11.2 Å². The highest BCUT2D eigenvalue weighted by Gasteiger charge is 2.05. The Bertz CT molecular complexity index is 492. The van der Waals surface area contributed by atoms with E-state index in [2.05, 4.69) is 17.1 Å². The number of alkyl halides is 2. The molecule has 1 aromatic rings. The van der Waals surface area contributed by atoms with E-state index >= 15 is 0 Å². The molecule has 0 aliphatic carbocycles. The lowest BCUT2D eigenvalue weighted by atomic mass is 10.1. The average Bonchev–Trinajstić information content (AvgIpc) is 2.55. The number of hydrogen-bond donors (Lipinski definition) is 2. The quantitative estimate of drug-likeness (QED) is 0.396. The van der Waals surface area contributed by atoms with Gasteiger partial charge in [0.25, 0.3) is 0 Å². The van der Waals surface area contributed by atoms with E-state index in [1.54, 1.807) is 0 Å². The summed E-state index contributed by atoms with van der Waals surface area (Å²) in [5.41, 5.74) is 2.25. The molecule has 0 heterocycles. The van der Waals surface area contributed by atoms with Crippen LogP contribution < -0.4 is 4.90 Å². The maximum absolute atomic E-state index is 10.4. The van der Waals surface area contributed by atoms with Gasteiger partial charge in [-0.25, -0.2) is 0 Å². The van der Waals surface area contributed by atoms with E-state index in [4.69, 9.17) is 33.4 Å². The molecule has 7 heteroatoms. The smallest absolute Gasteiger partial charge is 0.303 e. The Morgan fingerprint density at radius 1 is 1.08 bits per heavy atom. The fourth-order valence-corrected chi connectivity index (χ4v) is 2.72. The van der Waals surface area contributed by atoms with Crippen molar-refractivity contribution in [3.63, 3.8) is 0 Å². The number of carboxylic acids is 1. The maximum atomic E-state index is 10.4. The number of aliphatic hydroxyl groups excluding tert-OH is 1. The Balaban J connectivity index is 0.000000823. The number of hydrogen-bond acceptors (Lipinski definition) is 3. The van der Waals surface area contributed by atoms with E-state index in [0.29, 0.717) is 24.6 Å². The van der Waals surface area contributed by atoms with Crippen LogP contribution in [0.2, 0.25) is 0 Å². The van der Waals surface area contributed by atoms with Crippen LogP contribution in [0.25, 0.3) is 0 Å². The lowest BCUT2D eigenvalue weighted by Gasteiger charge is -2.23. The number of carbonyl (C=O) groups is 1. The molecule has 0 fully saturated rings. The maximum Gasteiger partial charge on any atom is 0.303 e. The van der Waals surface area contributed by atoms with Crippen LogP contribution in [-0.4, -0.2) is 46.1 Å². The molecule has 0 saturated carbocycles. The van der Waals surface area contributed by atoms with E-state index in [9.17, 15) is 4.79 Å². The van der Waals surface area contributed by atoms with Crippen molar-refractivity contribution >= 4 is 52.1 Å². The standard InChI is InChI=1S/C14H19Cl2NO2.C4H8OS/c15-8-10-17(11-9-16)13-6-4-12(5-7-13)2-1-3-14(18)19;1-2-3-4(5)6/h4-7H,1-3,8-11H2,(H,18,19);2-3H2,1H3,(H,5,6). The molecule has 0 amide bonds. The minimum atomic E-state index is -0.743. The number of aryl methyl sites for hydroxylation is 1. The summed E-state index contributed by atoms with van der Waals surface area (Å²) in [5, 5.41) is 17.0. The van der Waals surface area contributed by atoms with Gasteiger partial charge >= 0.3 is 5.97 Å². The zero-order valence-electron chi connectivity index (χ0n) is 14.6. The summed E-state index contributed by atoms with van der Waals surface area (Å²) in [6.07, 6.45) is 3.27. The molecule has 1 rings (SSSR count). The molecule has 0 unspecified atom stereocenters. The van der Waals surface area contributed by atoms with Crippen LogP contribution in [0.5, 0.6) is 0 Å². The molecule has 4 nitrogen and oxygen atoms in total. The summed E-state index contributed by atoms with van der Waals surface area (Å²) in [5.74, 6) is 0.390. The average molecular weight is 408 g/mol. The van der Waals surface area contributed by atoms with E-state index in [1.165, 1.54) is 0 Å². The summed E-state index contributed by atoms with van der Waals surface area (Å²) in [6.45, 7) is 3.52. The van der Waals surface area contributed by atoms with Crippen molar-refractivity contribution < 1.29 is 15.0 Å². The van der Waals surface area contributed by atoms with E-state index < -0.39 is 5.97 Å². The first-order chi connectivity index (χ1) is 11.9. The van der Waals surface area contributed by atoms with Crippen molar-refractivity contribution in [2.45, 2.75) is 39.0 Å². The number of rotatable bonds is 11. The van der Waals surface area contributed by atoms with Crippen molar-refractivity contribution in [2.75, 3.05) is 29.7 Å². The van der Waals surface area contributed by atoms with Crippen LogP contribution >= 0.6 is 35.4 Å². The SMILES string of the molecule is CCCC(O)=S.O=C(O)CCCc1ccc(N(CCCl)CCCl)cc1. The molecular formula is C18H27Cl2NO3S. The Hall–Kier alpha value is -1.04. The predicted octanol–water partition coefficient (Wildman–Crippen LogP) is 5.05.